The molecule has 1 amide bonds. The molecule has 2 heterocycles. The van der Waals surface area contributed by atoms with Crippen molar-refractivity contribution in [2.45, 2.75) is 29.4 Å². The molecule has 1 N–H and O–H groups in total. The van der Waals surface area contributed by atoms with Crippen molar-refractivity contribution >= 4 is 44.9 Å². The predicted molar refractivity (Wildman–Crippen MR) is 97.2 cm³/mol. The van der Waals surface area contributed by atoms with Gasteiger partial charge in [0, 0.05) is 31.6 Å². The highest BCUT2D eigenvalue weighted by Gasteiger charge is 2.17. The Labute approximate surface area is 144 Å². The first-order chi connectivity index (χ1) is 11.1. The molecule has 23 heavy (non-hydrogen) atoms. The summed E-state index contributed by atoms with van der Waals surface area (Å²) in [4.78, 5) is 19.0. The van der Waals surface area contributed by atoms with E-state index in [1.54, 1.807) is 11.3 Å². The highest BCUT2D eigenvalue weighted by atomic mass is 32.2. The third-order valence-electron chi connectivity index (χ3n) is 3.81. The van der Waals surface area contributed by atoms with E-state index in [0.29, 0.717) is 0 Å². The maximum absolute atomic E-state index is 12.2. The molecule has 0 saturated carbocycles. The molecule has 0 aliphatic carbocycles. The second-order valence-corrected chi connectivity index (χ2v) is 8.28. The first-order valence-corrected chi connectivity index (χ1v) is 9.37. The van der Waals surface area contributed by atoms with Crippen molar-refractivity contribution in [1.82, 2.24) is 15.3 Å². The zero-order chi connectivity index (χ0) is 16.2. The SMILES string of the molecule is C[C@@H](Sc1nc2ccccc2s1)C(=O)NN=C1CCN(C)CC1. The van der Waals surface area contributed by atoms with Crippen LogP contribution in [0.5, 0.6) is 0 Å². The van der Waals surface area contributed by atoms with Crippen molar-refractivity contribution in [3.05, 3.63) is 24.3 Å². The average molecular weight is 348 g/mol. The van der Waals surface area contributed by atoms with Crippen LogP contribution in [-0.4, -0.2) is 46.9 Å². The molecule has 0 bridgehead atoms. The zero-order valence-corrected chi connectivity index (χ0v) is 14.9. The molecule has 1 aromatic carbocycles. The third kappa shape index (κ3) is 4.31. The maximum atomic E-state index is 12.2. The number of hydrogen-bond acceptors (Lipinski definition) is 6. The van der Waals surface area contributed by atoms with Crippen molar-refractivity contribution in [2.24, 2.45) is 5.10 Å². The summed E-state index contributed by atoms with van der Waals surface area (Å²) in [6, 6.07) is 8.02. The summed E-state index contributed by atoms with van der Waals surface area (Å²) in [5.41, 5.74) is 4.77. The van der Waals surface area contributed by atoms with Crippen molar-refractivity contribution in [2.75, 3.05) is 20.1 Å². The number of piperidine rings is 1. The van der Waals surface area contributed by atoms with E-state index in [1.807, 2.05) is 31.2 Å². The Balaban J connectivity index is 1.56. The molecule has 122 valence electrons. The van der Waals surface area contributed by atoms with Gasteiger partial charge in [-0.05, 0) is 26.1 Å². The van der Waals surface area contributed by atoms with Gasteiger partial charge in [-0.15, -0.1) is 11.3 Å². The minimum Gasteiger partial charge on any atom is -0.306 e. The normalized spacial score (nSPS) is 17.2. The lowest BCUT2D eigenvalue weighted by Gasteiger charge is -2.22. The van der Waals surface area contributed by atoms with Crippen LogP contribution < -0.4 is 5.43 Å². The Morgan fingerprint density at radius 3 is 2.87 bits per heavy atom. The van der Waals surface area contributed by atoms with Gasteiger partial charge in [0.05, 0.1) is 15.5 Å². The maximum Gasteiger partial charge on any atom is 0.253 e. The number of aromatic nitrogens is 1. The third-order valence-corrected chi connectivity index (χ3v) is 6.04. The number of thioether (sulfide) groups is 1. The Morgan fingerprint density at radius 1 is 1.39 bits per heavy atom. The predicted octanol–water partition coefficient (Wildman–Crippen LogP) is 2.97. The lowest BCUT2D eigenvalue weighted by atomic mass is 10.1. The number of carbonyl (C=O) groups excluding carboxylic acids is 1. The number of para-hydroxylation sites is 1. The summed E-state index contributed by atoms with van der Waals surface area (Å²) in [6.07, 6.45) is 1.85. The molecule has 3 rings (SSSR count). The molecular weight excluding hydrogens is 328 g/mol. The Hall–Kier alpha value is -1.44. The number of benzene rings is 1. The van der Waals surface area contributed by atoms with Gasteiger partial charge in [-0.2, -0.15) is 5.10 Å². The number of likely N-dealkylation sites (tertiary alicyclic amines) is 1. The minimum absolute atomic E-state index is 0.0688. The van der Waals surface area contributed by atoms with Crippen LogP contribution in [0, 0.1) is 0 Å². The topological polar surface area (TPSA) is 57.6 Å². The summed E-state index contributed by atoms with van der Waals surface area (Å²) < 4.78 is 2.06. The van der Waals surface area contributed by atoms with Gasteiger partial charge in [0.1, 0.15) is 0 Å². The lowest BCUT2D eigenvalue weighted by Crippen LogP contribution is -2.33. The number of nitrogens with zero attached hydrogens (tertiary/aromatic N) is 3. The van der Waals surface area contributed by atoms with E-state index in [9.17, 15) is 4.79 Å². The number of nitrogens with one attached hydrogen (secondary N) is 1. The highest BCUT2D eigenvalue weighted by molar-refractivity contribution is 8.02. The molecular formula is C16H20N4OS2. The number of hydrogen-bond donors (Lipinski definition) is 1. The first-order valence-electron chi connectivity index (χ1n) is 7.68. The number of thiazole rings is 1. The largest absolute Gasteiger partial charge is 0.306 e. The van der Waals surface area contributed by atoms with E-state index in [0.717, 1.165) is 46.2 Å². The molecule has 1 aliphatic rings. The van der Waals surface area contributed by atoms with Crippen LogP contribution in [0.25, 0.3) is 10.2 Å². The molecule has 0 radical (unpaired) electrons. The van der Waals surface area contributed by atoms with Gasteiger partial charge >= 0.3 is 0 Å². The van der Waals surface area contributed by atoms with E-state index in [-0.39, 0.29) is 11.2 Å². The standard InChI is InChI=1S/C16H20N4OS2/c1-11(15(21)19-18-12-7-9-20(2)10-8-12)22-16-17-13-5-3-4-6-14(13)23-16/h3-6,11H,7-10H2,1-2H3,(H,19,21)/t11-/m1/s1. The van der Waals surface area contributed by atoms with Crippen LogP contribution in [-0.2, 0) is 4.79 Å². The molecule has 5 nitrogen and oxygen atoms in total. The molecule has 0 spiro atoms. The fraction of sp³-hybridized carbons (Fsp3) is 0.438. The van der Waals surface area contributed by atoms with E-state index in [2.05, 4.69) is 27.5 Å². The van der Waals surface area contributed by atoms with E-state index in [4.69, 9.17) is 0 Å². The molecule has 1 saturated heterocycles. The smallest absolute Gasteiger partial charge is 0.253 e. The summed E-state index contributed by atoms with van der Waals surface area (Å²) in [5.74, 6) is -0.0688. The van der Waals surface area contributed by atoms with E-state index < -0.39 is 0 Å². The number of amides is 1. The van der Waals surface area contributed by atoms with Crippen molar-refractivity contribution in [3.63, 3.8) is 0 Å². The Morgan fingerprint density at radius 2 is 2.13 bits per heavy atom. The van der Waals surface area contributed by atoms with Gasteiger partial charge in [-0.25, -0.2) is 10.4 Å². The highest BCUT2D eigenvalue weighted by Crippen LogP contribution is 2.31. The summed E-state index contributed by atoms with van der Waals surface area (Å²) >= 11 is 3.10. The van der Waals surface area contributed by atoms with Gasteiger partial charge in [0.25, 0.3) is 5.91 Å². The molecule has 1 aliphatic heterocycles. The summed E-state index contributed by atoms with van der Waals surface area (Å²) in [5, 5.41) is 4.07. The van der Waals surface area contributed by atoms with Crippen LogP contribution in [0.2, 0.25) is 0 Å². The van der Waals surface area contributed by atoms with E-state index >= 15 is 0 Å². The van der Waals surface area contributed by atoms with Crippen LogP contribution in [0.1, 0.15) is 19.8 Å². The second-order valence-electron chi connectivity index (χ2n) is 5.66. The minimum atomic E-state index is -0.217. The van der Waals surface area contributed by atoms with Gasteiger partial charge in [-0.1, -0.05) is 23.9 Å². The quantitative estimate of drug-likeness (QED) is 0.682. The number of fused-ring (bicyclic) bond motifs is 1. The number of carbonyl (C=O) groups is 1. The Bertz CT molecular complexity index is 685. The molecule has 2 aromatic rings. The summed E-state index contributed by atoms with van der Waals surface area (Å²) in [7, 11) is 2.10. The fourth-order valence-electron chi connectivity index (χ4n) is 2.32. The van der Waals surface area contributed by atoms with Crippen molar-refractivity contribution in [3.8, 4) is 0 Å². The van der Waals surface area contributed by atoms with E-state index in [1.165, 1.54) is 11.8 Å². The van der Waals surface area contributed by atoms with Crippen LogP contribution in [0.15, 0.2) is 33.7 Å². The van der Waals surface area contributed by atoms with Crippen molar-refractivity contribution in [1.29, 1.82) is 0 Å². The summed E-state index contributed by atoms with van der Waals surface area (Å²) in [6.45, 7) is 3.90. The number of hydrazone groups is 1. The Kier molecular flexibility index (Phi) is 5.30. The molecule has 1 aromatic heterocycles. The zero-order valence-electron chi connectivity index (χ0n) is 13.3. The fourth-order valence-corrected chi connectivity index (χ4v) is 4.52. The van der Waals surface area contributed by atoms with Crippen LogP contribution in [0.3, 0.4) is 0 Å². The monoisotopic (exact) mass is 348 g/mol. The lowest BCUT2D eigenvalue weighted by molar-refractivity contribution is -0.120. The molecule has 0 unspecified atom stereocenters. The second kappa shape index (κ2) is 7.42. The van der Waals surface area contributed by atoms with Gasteiger partial charge in [-0.3, -0.25) is 4.79 Å². The average Bonchev–Trinajstić information content (AvgIpc) is 2.96. The molecule has 7 heteroatoms. The van der Waals surface area contributed by atoms with Crippen LogP contribution >= 0.6 is 23.1 Å². The first kappa shape index (κ1) is 16.4. The van der Waals surface area contributed by atoms with Gasteiger partial charge in [0.2, 0.25) is 0 Å². The van der Waals surface area contributed by atoms with Gasteiger partial charge in [0.15, 0.2) is 4.34 Å². The number of rotatable bonds is 4. The van der Waals surface area contributed by atoms with Crippen molar-refractivity contribution < 1.29 is 4.79 Å². The molecule has 1 atom stereocenters. The molecule has 1 fully saturated rings. The van der Waals surface area contributed by atoms with Gasteiger partial charge < -0.3 is 4.90 Å². The van der Waals surface area contributed by atoms with Crippen LogP contribution in [0.4, 0.5) is 0 Å².